The molecule has 2 unspecified atom stereocenters. The van der Waals surface area contributed by atoms with Crippen LogP contribution >= 0.6 is 0 Å². The number of esters is 1. The van der Waals surface area contributed by atoms with Gasteiger partial charge < -0.3 is 34.8 Å². The number of halogens is 2. The Morgan fingerprint density at radius 3 is 2.55 bits per heavy atom. The molecule has 0 saturated carbocycles. The maximum Gasteiger partial charge on any atom is 0.340 e. The van der Waals surface area contributed by atoms with E-state index in [1.54, 1.807) is 30.3 Å². The lowest BCUT2D eigenvalue weighted by Crippen LogP contribution is -2.65. The molecule has 0 aliphatic carbocycles. The van der Waals surface area contributed by atoms with Gasteiger partial charge in [0.15, 0.2) is 0 Å². The molecule has 6 bridgehead atoms. The third-order valence-electron chi connectivity index (χ3n) is 14.9. The molecule has 5 N–H and O–H groups in total. The quantitative estimate of drug-likeness (QED) is 0.0912. The number of carbonyl (C=O) groups excluding carboxylic acids is 4. The monoisotopic (exact) mass is 1010 g/mol. The third kappa shape index (κ3) is 11.3. The number of nitrogens with one attached hydrogen (secondary N) is 4. The third-order valence-corrected chi connectivity index (χ3v) is 14.9. The molecule has 0 radical (unpaired) electrons. The number of hydrogen-bond acceptors (Lipinski definition) is 12. The fourth-order valence-corrected chi connectivity index (χ4v) is 11.3. The first-order valence-electron chi connectivity index (χ1n) is 25.6. The first kappa shape index (κ1) is 53.2. The number of phenols is 1. The fraction of sp³-hybridized carbons (Fsp3) is 0.537. The lowest BCUT2D eigenvalue weighted by Gasteiger charge is -2.50. The second-order valence-corrected chi connectivity index (χ2v) is 21.2. The zero-order valence-electron chi connectivity index (χ0n) is 43.5. The molecule has 4 amide bonds. The van der Waals surface area contributed by atoms with Crippen LogP contribution in [0.15, 0.2) is 66.6 Å². The number of benzene rings is 2. The summed E-state index contributed by atoms with van der Waals surface area (Å²) in [4.78, 5) is 65.1. The molecule has 0 spiro atoms. The van der Waals surface area contributed by atoms with Gasteiger partial charge in [-0.25, -0.2) is 24.0 Å². The molecule has 4 aliphatic rings. The number of phenolic OH excluding ortho intramolecular Hbond substituents is 1. The van der Waals surface area contributed by atoms with Crippen LogP contribution in [-0.4, -0.2) is 129 Å². The van der Waals surface area contributed by atoms with Crippen LogP contribution in [0.5, 0.6) is 5.75 Å². The van der Waals surface area contributed by atoms with Gasteiger partial charge in [-0.1, -0.05) is 46.8 Å². The molecule has 19 heteroatoms. The lowest BCUT2D eigenvalue weighted by molar-refractivity contribution is -0.150. The predicted molar refractivity (Wildman–Crippen MR) is 273 cm³/mol. The van der Waals surface area contributed by atoms with Gasteiger partial charge in [0, 0.05) is 85.8 Å². The van der Waals surface area contributed by atoms with Crippen molar-refractivity contribution in [1.82, 2.24) is 51.1 Å². The van der Waals surface area contributed by atoms with Crippen LogP contribution in [0.25, 0.3) is 33.3 Å². The summed E-state index contributed by atoms with van der Waals surface area (Å²) >= 11 is 0. The smallest absolute Gasteiger partial charge is 0.340 e. The molecule has 4 aromatic rings. The van der Waals surface area contributed by atoms with Crippen LogP contribution in [0.2, 0.25) is 0 Å². The van der Waals surface area contributed by atoms with E-state index in [0.29, 0.717) is 57.4 Å². The van der Waals surface area contributed by atoms with Crippen LogP contribution in [0, 0.1) is 17.3 Å². The number of hydrogen-bond donors (Lipinski definition) is 5. The molecule has 17 nitrogen and oxygen atoms in total. The number of fused-ring (bicyclic) bond motifs is 6. The van der Waals surface area contributed by atoms with Crippen molar-refractivity contribution in [3.8, 4) is 28.1 Å². The first-order valence-corrected chi connectivity index (χ1v) is 25.6. The zero-order chi connectivity index (χ0) is 52.5. The van der Waals surface area contributed by atoms with E-state index in [1.807, 2.05) is 57.8 Å². The number of likely N-dealkylation sites (tertiary alicyclic amines) is 1. The van der Waals surface area contributed by atoms with Crippen molar-refractivity contribution in [2.75, 3.05) is 40.4 Å². The minimum absolute atomic E-state index is 0.00474. The highest BCUT2D eigenvalue weighted by Gasteiger charge is 2.45. The van der Waals surface area contributed by atoms with Crippen LogP contribution in [0.1, 0.15) is 97.1 Å². The number of likely N-dealkylation sites (N-methyl/N-ethyl adjacent to an activating group) is 1. The molecule has 2 fully saturated rings. The van der Waals surface area contributed by atoms with E-state index in [-0.39, 0.29) is 67.0 Å². The van der Waals surface area contributed by atoms with E-state index in [9.17, 15) is 33.1 Å². The van der Waals surface area contributed by atoms with Gasteiger partial charge in [-0.3, -0.25) is 29.3 Å². The van der Waals surface area contributed by atoms with Crippen molar-refractivity contribution in [3.05, 3.63) is 83.4 Å². The average molecular weight is 1010 g/mol. The van der Waals surface area contributed by atoms with Gasteiger partial charge in [0.2, 0.25) is 5.91 Å². The molecular formula is C54H72F2N10O7. The minimum Gasteiger partial charge on any atom is -0.508 e. The van der Waals surface area contributed by atoms with E-state index in [4.69, 9.17) is 14.5 Å². The van der Waals surface area contributed by atoms with Crippen molar-refractivity contribution in [2.24, 2.45) is 17.3 Å². The van der Waals surface area contributed by atoms with Crippen LogP contribution in [-0.2, 0) is 43.2 Å². The largest absolute Gasteiger partial charge is 0.508 e. The summed E-state index contributed by atoms with van der Waals surface area (Å²) in [5, 5.41) is 18.1. The molecule has 2 aromatic heterocycles. The van der Waals surface area contributed by atoms with Crippen molar-refractivity contribution < 1.29 is 42.5 Å². The summed E-state index contributed by atoms with van der Waals surface area (Å²) in [6.45, 7) is 16.1. The Morgan fingerprint density at radius 1 is 1.07 bits per heavy atom. The van der Waals surface area contributed by atoms with Crippen LogP contribution in [0.3, 0.4) is 0 Å². The Morgan fingerprint density at radius 2 is 1.85 bits per heavy atom. The second kappa shape index (κ2) is 22.1. The Labute approximate surface area is 426 Å². The molecule has 73 heavy (non-hydrogen) atoms. The summed E-state index contributed by atoms with van der Waals surface area (Å²) < 4.78 is 40.8. The standard InChI is InChI=1S/C54H72F2N10O7/c1-10-44-36(28-64(44)53(71)66-29-43(50(55)56)59-61-66)27-62(8)48(31(3)4)51(69)58-42-22-33-20-35(23-38(67)21-33)34-16-17-45-40(24-34)41(49(63(45)11-2)39-15-12-18-57-47(39)32(5)72-9)26-54(6,7)30-73-46(68)25-37-14-13-19-65(60-37)52(42)70/h12,15-18,20-21,23-24,29,31-32,36-37,42,44,48,50,59-61,67H,10-11,13-14,19,22,25-28,30H2,1-9H3,(H,58,69)/t32-,36?,37-,42-,44?,48-/m0/s1. The molecule has 6 atom stereocenters. The van der Waals surface area contributed by atoms with Gasteiger partial charge in [-0.2, -0.15) is 0 Å². The number of ether oxygens (including phenoxy) is 2. The summed E-state index contributed by atoms with van der Waals surface area (Å²) in [6, 6.07) is 12.7. The van der Waals surface area contributed by atoms with Crippen LogP contribution in [0.4, 0.5) is 13.6 Å². The van der Waals surface area contributed by atoms with Crippen molar-refractivity contribution >= 4 is 34.7 Å². The van der Waals surface area contributed by atoms with E-state index in [2.05, 4.69) is 65.2 Å². The fourth-order valence-electron chi connectivity index (χ4n) is 11.3. The van der Waals surface area contributed by atoms with Crippen molar-refractivity contribution in [2.45, 2.75) is 130 Å². The number of urea groups is 1. The normalized spacial score (nSPS) is 22.4. The van der Waals surface area contributed by atoms with Crippen LogP contribution < -0.4 is 21.7 Å². The Hall–Kier alpha value is -6.15. The van der Waals surface area contributed by atoms with E-state index in [1.165, 1.54) is 5.01 Å². The summed E-state index contributed by atoms with van der Waals surface area (Å²) in [5.41, 5.74) is 14.2. The van der Waals surface area contributed by atoms with Gasteiger partial charge in [-0.15, -0.1) is 5.53 Å². The maximum atomic E-state index is 14.9. The molecule has 2 aromatic carbocycles. The van der Waals surface area contributed by atoms with Gasteiger partial charge in [0.1, 0.15) is 17.5 Å². The number of aromatic nitrogens is 2. The van der Waals surface area contributed by atoms with Gasteiger partial charge >= 0.3 is 12.0 Å². The zero-order valence-corrected chi connectivity index (χ0v) is 43.5. The minimum atomic E-state index is -2.77. The Kier molecular flexibility index (Phi) is 16.1. The number of rotatable bonds is 12. The number of nitrogens with zero attached hydrogens (tertiary/aromatic N) is 6. The molecule has 6 heterocycles. The number of carbonyl (C=O) groups is 4. The molecular weight excluding hydrogens is 939 g/mol. The molecule has 4 aliphatic heterocycles. The number of cyclic esters (lactones) is 1. The second-order valence-electron chi connectivity index (χ2n) is 21.2. The highest BCUT2D eigenvalue weighted by atomic mass is 19.3. The topological polar surface area (TPSA) is 186 Å². The molecule has 8 rings (SSSR count). The highest BCUT2D eigenvalue weighted by Crippen LogP contribution is 2.42. The first-order chi connectivity index (χ1) is 34.8. The van der Waals surface area contributed by atoms with Crippen molar-refractivity contribution in [3.63, 3.8) is 0 Å². The van der Waals surface area contributed by atoms with E-state index in [0.717, 1.165) is 55.8 Å². The highest BCUT2D eigenvalue weighted by molar-refractivity contribution is 5.96. The van der Waals surface area contributed by atoms with Gasteiger partial charge in [-0.05, 0) is 111 Å². The molecule has 394 valence electrons. The molecule has 2 saturated heterocycles. The summed E-state index contributed by atoms with van der Waals surface area (Å²) in [7, 11) is 3.53. The Bertz CT molecular complexity index is 2730. The number of hydrazine groups is 3. The van der Waals surface area contributed by atoms with E-state index < -0.39 is 41.7 Å². The van der Waals surface area contributed by atoms with Gasteiger partial charge in [0.25, 0.3) is 12.3 Å². The number of allylic oxidation sites excluding steroid dienone is 1. The average Bonchev–Trinajstić information content (AvgIpc) is 3.97. The maximum absolute atomic E-state index is 14.9. The summed E-state index contributed by atoms with van der Waals surface area (Å²) in [6.07, 6.45) is 2.26. The van der Waals surface area contributed by atoms with Crippen molar-refractivity contribution in [1.29, 1.82) is 0 Å². The Balaban J connectivity index is 1.13. The summed E-state index contributed by atoms with van der Waals surface area (Å²) in [5.74, 6) is -1.34. The number of aromatic hydroxyl groups is 1. The van der Waals surface area contributed by atoms with Gasteiger partial charge in [0.05, 0.1) is 42.8 Å². The predicted octanol–water partition coefficient (Wildman–Crippen LogP) is 7.06. The number of pyridine rings is 1. The van der Waals surface area contributed by atoms with E-state index >= 15 is 0 Å². The number of amides is 4. The SMILES string of the molecule is CCC1C(CN(C)[C@H](C(=O)N[C@H]2Cc3cc(O)cc(c3)-c3ccc4c(c3)c(c(-c3cccnc3[C@H](C)OC)n4CC)CC(C)(C)COC(=O)C[C@@H]3CCCN(N3)C2=O)C(C)C)CN1C(=O)N1C=C(C(F)F)NN1. The number of aryl methyl sites for hydroxylation is 1. The lowest BCUT2D eigenvalue weighted by atomic mass is 9.84. The number of alkyl halides is 2. The number of methoxy groups -OCH3 is 1.